The van der Waals surface area contributed by atoms with Crippen molar-refractivity contribution in [3.63, 3.8) is 0 Å². The molecule has 0 atom stereocenters. The lowest BCUT2D eigenvalue weighted by Gasteiger charge is -2.23. The normalized spacial score (nSPS) is 17.6. The smallest absolute Gasteiger partial charge is 0.143 e. The standard InChI is InChI=1S/C10H16O2/c1-7(2)9(11)6-10(12)8-4-3-5-8/h7-8H,3-6H2,1-2H3. The summed E-state index contributed by atoms with van der Waals surface area (Å²) in [4.78, 5) is 22.5. The Morgan fingerprint density at radius 2 is 1.92 bits per heavy atom. The Hall–Kier alpha value is -0.660. The molecule has 0 bridgehead atoms. The third kappa shape index (κ3) is 2.16. The number of carbonyl (C=O) groups excluding carboxylic acids is 2. The van der Waals surface area contributed by atoms with Crippen LogP contribution in [0.5, 0.6) is 0 Å². The first-order valence-corrected chi connectivity index (χ1v) is 4.66. The molecule has 1 aliphatic carbocycles. The minimum absolute atomic E-state index is 0.00836. The van der Waals surface area contributed by atoms with E-state index in [1.165, 1.54) is 0 Å². The summed E-state index contributed by atoms with van der Waals surface area (Å²) >= 11 is 0. The molecule has 0 heterocycles. The summed E-state index contributed by atoms with van der Waals surface area (Å²) in [5.74, 6) is 0.480. The Balaban J connectivity index is 2.30. The van der Waals surface area contributed by atoms with Crippen molar-refractivity contribution in [1.29, 1.82) is 0 Å². The van der Waals surface area contributed by atoms with E-state index >= 15 is 0 Å². The van der Waals surface area contributed by atoms with Crippen molar-refractivity contribution in [3.05, 3.63) is 0 Å². The Morgan fingerprint density at radius 3 is 2.25 bits per heavy atom. The summed E-state index contributed by atoms with van der Waals surface area (Å²) in [5.41, 5.74) is 0. The fourth-order valence-electron chi connectivity index (χ4n) is 1.25. The lowest BCUT2D eigenvalue weighted by atomic mass is 9.80. The van der Waals surface area contributed by atoms with E-state index < -0.39 is 0 Å². The molecule has 0 saturated heterocycles. The lowest BCUT2D eigenvalue weighted by Crippen LogP contribution is -2.25. The van der Waals surface area contributed by atoms with E-state index in [0.29, 0.717) is 0 Å². The first-order chi connectivity index (χ1) is 5.61. The number of ketones is 2. The molecule has 1 fully saturated rings. The monoisotopic (exact) mass is 168 g/mol. The fraction of sp³-hybridized carbons (Fsp3) is 0.800. The van der Waals surface area contributed by atoms with Crippen molar-refractivity contribution in [2.24, 2.45) is 11.8 Å². The van der Waals surface area contributed by atoms with Crippen LogP contribution in [-0.2, 0) is 9.59 Å². The van der Waals surface area contributed by atoms with Crippen LogP contribution in [0.4, 0.5) is 0 Å². The average Bonchev–Trinajstić information content (AvgIpc) is 1.82. The quantitative estimate of drug-likeness (QED) is 0.601. The van der Waals surface area contributed by atoms with E-state index in [0.717, 1.165) is 19.3 Å². The van der Waals surface area contributed by atoms with Gasteiger partial charge in [0.15, 0.2) is 0 Å². The van der Waals surface area contributed by atoms with Gasteiger partial charge in [0.05, 0.1) is 6.42 Å². The van der Waals surface area contributed by atoms with E-state index in [1.54, 1.807) is 0 Å². The summed E-state index contributed by atoms with van der Waals surface area (Å²) in [7, 11) is 0. The highest BCUT2D eigenvalue weighted by molar-refractivity contribution is 6.01. The van der Waals surface area contributed by atoms with Crippen LogP contribution in [0, 0.1) is 11.8 Å². The van der Waals surface area contributed by atoms with Crippen LogP contribution in [0.25, 0.3) is 0 Å². The van der Waals surface area contributed by atoms with Crippen LogP contribution in [0.2, 0.25) is 0 Å². The van der Waals surface area contributed by atoms with Gasteiger partial charge in [0.1, 0.15) is 11.6 Å². The predicted molar refractivity (Wildman–Crippen MR) is 46.8 cm³/mol. The first-order valence-electron chi connectivity index (χ1n) is 4.66. The number of Topliss-reactive ketones (excluding diaryl/α,β-unsaturated/α-hetero) is 2. The molecule has 68 valence electrons. The van der Waals surface area contributed by atoms with Crippen molar-refractivity contribution in [1.82, 2.24) is 0 Å². The third-order valence-electron chi connectivity index (χ3n) is 2.55. The zero-order valence-electron chi connectivity index (χ0n) is 7.80. The molecule has 1 saturated carbocycles. The molecule has 2 nitrogen and oxygen atoms in total. The van der Waals surface area contributed by atoms with Gasteiger partial charge in [-0.1, -0.05) is 20.3 Å². The van der Waals surface area contributed by atoms with Crippen molar-refractivity contribution in [3.8, 4) is 0 Å². The van der Waals surface area contributed by atoms with Gasteiger partial charge in [-0.15, -0.1) is 0 Å². The van der Waals surface area contributed by atoms with Crippen molar-refractivity contribution in [2.45, 2.75) is 39.5 Å². The highest BCUT2D eigenvalue weighted by Crippen LogP contribution is 2.28. The molecule has 0 aromatic heterocycles. The molecule has 0 aliphatic heterocycles. The van der Waals surface area contributed by atoms with Gasteiger partial charge in [-0.05, 0) is 12.8 Å². The van der Waals surface area contributed by atoms with Crippen LogP contribution in [0.1, 0.15) is 39.5 Å². The van der Waals surface area contributed by atoms with Gasteiger partial charge in [0.2, 0.25) is 0 Å². The highest BCUT2D eigenvalue weighted by Gasteiger charge is 2.26. The number of carbonyl (C=O) groups is 2. The molecule has 12 heavy (non-hydrogen) atoms. The van der Waals surface area contributed by atoms with E-state index in [2.05, 4.69) is 0 Å². The molecule has 0 N–H and O–H groups in total. The number of hydrogen-bond acceptors (Lipinski definition) is 2. The van der Waals surface area contributed by atoms with Crippen LogP contribution in [0.15, 0.2) is 0 Å². The second-order valence-corrected chi connectivity index (χ2v) is 3.89. The molecule has 0 unspecified atom stereocenters. The summed E-state index contributed by atoms with van der Waals surface area (Å²) in [5, 5.41) is 0. The van der Waals surface area contributed by atoms with Crippen LogP contribution >= 0.6 is 0 Å². The van der Waals surface area contributed by atoms with Gasteiger partial charge >= 0.3 is 0 Å². The number of hydrogen-bond donors (Lipinski definition) is 0. The van der Waals surface area contributed by atoms with E-state index in [-0.39, 0.29) is 29.8 Å². The maximum atomic E-state index is 11.3. The molecule has 0 amide bonds. The Kier molecular flexibility index (Phi) is 3.01. The Morgan fingerprint density at radius 1 is 1.33 bits per heavy atom. The molecule has 1 aliphatic rings. The van der Waals surface area contributed by atoms with Gasteiger partial charge in [0.25, 0.3) is 0 Å². The van der Waals surface area contributed by atoms with E-state index in [9.17, 15) is 9.59 Å². The summed E-state index contributed by atoms with van der Waals surface area (Å²) in [6.07, 6.45) is 3.34. The van der Waals surface area contributed by atoms with Gasteiger partial charge in [-0.25, -0.2) is 0 Å². The zero-order valence-corrected chi connectivity index (χ0v) is 7.80. The lowest BCUT2D eigenvalue weighted by molar-refractivity contribution is -0.132. The second kappa shape index (κ2) is 3.83. The molecule has 1 rings (SSSR count). The summed E-state index contributed by atoms with van der Waals surface area (Å²) in [6.45, 7) is 3.69. The van der Waals surface area contributed by atoms with Crippen molar-refractivity contribution in [2.75, 3.05) is 0 Å². The SMILES string of the molecule is CC(C)C(=O)CC(=O)C1CCC1. The Labute approximate surface area is 73.3 Å². The van der Waals surface area contributed by atoms with E-state index in [1.807, 2.05) is 13.8 Å². The first kappa shape index (κ1) is 9.43. The topological polar surface area (TPSA) is 34.1 Å². The van der Waals surface area contributed by atoms with Gasteiger partial charge in [0, 0.05) is 11.8 Å². The van der Waals surface area contributed by atoms with E-state index in [4.69, 9.17) is 0 Å². The van der Waals surface area contributed by atoms with Crippen molar-refractivity contribution >= 4 is 11.6 Å². The summed E-state index contributed by atoms with van der Waals surface area (Å²) in [6, 6.07) is 0. The third-order valence-corrected chi connectivity index (χ3v) is 2.55. The molecular weight excluding hydrogens is 152 g/mol. The Bertz CT molecular complexity index is 190. The molecule has 0 aromatic rings. The number of rotatable bonds is 4. The largest absolute Gasteiger partial charge is 0.299 e. The predicted octanol–water partition coefficient (Wildman–Crippen LogP) is 1.97. The second-order valence-electron chi connectivity index (χ2n) is 3.89. The maximum Gasteiger partial charge on any atom is 0.143 e. The fourth-order valence-corrected chi connectivity index (χ4v) is 1.25. The van der Waals surface area contributed by atoms with Crippen LogP contribution < -0.4 is 0 Å². The molecule has 0 spiro atoms. The maximum absolute atomic E-state index is 11.3. The van der Waals surface area contributed by atoms with Crippen LogP contribution in [0.3, 0.4) is 0 Å². The minimum Gasteiger partial charge on any atom is -0.299 e. The summed E-state index contributed by atoms with van der Waals surface area (Å²) < 4.78 is 0. The highest BCUT2D eigenvalue weighted by atomic mass is 16.1. The van der Waals surface area contributed by atoms with Gasteiger partial charge < -0.3 is 0 Å². The minimum atomic E-state index is 0.00836. The molecule has 0 radical (unpaired) electrons. The van der Waals surface area contributed by atoms with Crippen LogP contribution in [-0.4, -0.2) is 11.6 Å². The molecule has 0 aromatic carbocycles. The average molecular weight is 168 g/mol. The molecule has 2 heteroatoms. The zero-order chi connectivity index (χ0) is 9.14. The van der Waals surface area contributed by atoms with Crippen molar-refractivity contribution < 1.29 is 9.59 Å². The van der Waals surface area contributed by atoms with Gasteiger partial charge in [-0.2, -0.15) is 0 Å². The molecular formula is C10H16O2. The van der Waals surface area contributed by atoms with Gasteiger partial charge in [-0.3, -0.25) is 9.59 Å².